The third-order valence-corrected chi connectivity index (χ3v) is 6.52. The number of nitro groups is 1. The Morgan fingerprint density at radius 3 is 2.61 bits per heavy atom. The highest BCUT2D eigenvalue weighted by atomic mass is 32.1. The molecule has 0 saturated carbocycles. The molecule has 0 bridgehead atoms. The molecule has 2 heterocycles. The topological polar surface area (TPSA) is 81.5 Å². The molecule has 0 radical (unpaired) electrons. The van der Waals surface area contributed by atoms with Gasteiger partial charge in [0.15, 0.2) is 0 Å². The lowest BCUT2D eigenvalue weighted by atomic mass is 10.0. The molecule has 6 aromatic rings. The van der Waals surface area contributed by atoms with Crippen molar-refractivity contribution >= 4 is 54.7 Å². The molecular formula is C26H15N3O3S. The number of aromatic nitrogens is 1. The van der Waals surface area contributed by atoms with E-state index in [0.29, 0.717) is 16.8 Å². The van der Waals surface area contributed by atoms with Gasteiger partial charge in [0, 0.05) is 17.5 Å². The molecule has 158 valence electrons. The van der Waals surface area contributed by atoms with Crippen molar-refractivity contribution in [1.29, 1.82) is 0 Å². The standard InChI is InChI=1S/C26H15N3O3S/c30-29(31)18-8-5-7-17(14-18)27-25-21(26-28-22-10-3-4-11-24(22)33-26)15-20-19-9-2-1-6-16(19)12-13-23(20)32-25/h1-15H. The number of nitrogens with zero attached hydrogens (tertiary/aromatic N) is 3. The summed E-state index contributed by atoms with van der Waals surface area (Å²) in [6.07, 6.45) is 0. The van der Waals surface area contributed by atoms with Crippen LogP contribution in [0.3, 0.4) is 0 Å². The molecule has 0 spiro atoms. The Hall–Kier alpha value is -4.36. The predicted molar refractivity (Wildman–Crippen MR) is 131 cm³/mol. The Morgan fingerprint density at radius 1 is 0.879 bits per heavy atom. The number of thiazole rings is 1. The van der Waals surface area contributed by atoms with Crippen LogP contribution >= 0.6 is 11.3 Å². The molecule has 0 atom stereocenters. The van der Waals surface area contributed by atoms with Crippen molar-refractivity contribution in [1.82, 2.24) is 4.98 Å². The Bertz CT molecular complexity index is 1740. The van der Waals surface area contributed by atoms with Gasteiger partial charge in [0.05, 0.1) is 26.4 Å². The molecule has 0 N–H and O–H groups in total. The monoisotopic (exact) mass is 449 g/mol. The van der Waals surface area contributed by atoms with Crippen molar-refractivity contribution in [3.05, 3.63) is 107 Å². The number of fused-ring (bicyclic) bond motifs is 4. The lowest BCUT2D eigenvalue weighted by molar-refractivity contribution is -0.384. The Morgan fingerprint density at radius 2 is 1.73 bits per heavy atom. The van der Waals surface area contributed by atoms with E-state index in [0.717, 1.165) is 36.9 Å². The summed E-state index contributed by atoms with van der Waals surface area (Å²) in [5.74, 6) is 0. The number of para-hydroxylation sites is 1. The number of non-ortho nitro benzene ring substituents is 1. The number of benzene rings is 4. The van der Waals surface area contributed by atoms with Gasteiger partial charge in [-0.2, -0.15) is 0 Å². The fourth-order valence-electron chi connectivity index (χ4n) is 3.90. The van der Waals surface area contributed by atoms with Crippen molar-refractivity contribution in [2.75, 3.05) is 0 Å². The van der Waals surface area contributed by atoms with Gasteiger partial charge in [-0.15, -0.1) is 11.3 Å². The highest BCUT2D eigenvalue weighted by molar-refractivity contribution is 7.21. The zero-order valence-electron chi connectivity index (χ0n) is 17.1. The molecule has 0 unspecified atom stereocenters. The Kier molecular flexibility index (Phi) is 4.48. The van der Waals surface area contributed by atoms with Crippen LogP contribution < -0.4 is 5.55 Å². The van der Waals surface area contributed by atoms with Crippen molar-refractivity contribution in [3.63, 3.8) is 0 Å². The highest BCUT2D eigenvalue weighted by Crippen LogP contribution is 2.32. The number of rotatable bonds is 3. The van der Waals surface area contributed by atoms with Crippen LogP contribution in [0.1, 0.15) is 0 Å². The van der Waals surface area contributed by atoms with E-state index in [-0.39, 0.29) is 5.69 Å². The summed E-state index contributed by atoms with van der Waals surface area (Å²) in [4.78, 5) is 20.3. The van der Waals surface area contributed by atoms with Gasteiger partial charge in [0.25, 0.3) is 5.69 Å². The normalized spacial score (nSPS) is 12.1. The minimum atomic E-state index is -0.433. The first-order chi connectivity index (χ1) is 16.2. The summed E-state index contributed by atoms with van der Waals surface area (Å²) in [6.45, 7) is 0. The third-order valence-electron chi connectivity index (χ3n) is 5.45. The van der Waals surface area contributed by atoms with Gasteiger partial charge in [0.1, 0.15) is 10.6 Å². The molecule has 0 amide bonds. The quantitative estimate of drug-likeness (QED) is 0.165. The Balaban J connectivity index is 1.68. The smallest absolute Gasteiger partial charge is 0.271 e. The van der Waals surface area contributed by atoms with Crippen LogP contribution in [0, 0.1) is 10.1 Å². The molecule has 2 aromatic heterocycles. The summed E-state index contributed by atoms with van der Waals surface area (Å²) in [5.41, 5.74) is 3.10. The molecule has 0 aliphatic heterocycles. The van der Waals surface area contributed by atoms with Gasteiger partial charge in [-0.05, 0) is 41.1 Å². The van der Waals surface area contributed by atoms with Gasteiger partial charge in [0.2, 0.25) is 5.55 Å². The summed E-state index contributed by atoms with van der Waals surface area (Å²) >= 11 is 1.56. The summed E-state index contributed by atoms with van der Waals surface area (Å²) in [5, 5.41) is 15.1. The maximum absolute atomic E-state index is 11.2. The number of hydrogen-bond donors (Lipinski definition) is 0. The second-order valence-corrected chi connectivity index (χ2v) is 8.57. The molecule has 33 heavy (non-hydrogen) atoms. The zero-order valence-corrected chi connectivity index (χ0v) is 18.0. The van der Waals surface area contributed by atoms with Crippen molar-refractivity contribution < 1.29 is 9.34 Å². The maximum atomic E-state index is 11.2. The lowest BCUT2D eigenvalue weighted by Crippen LogP contribution is -2.05. The second-order valence-electron chi connectivity index (χ2n) is 7.54. The van der Waals surface area contributed by atoms with Crippen LogP contribution in [0.15, 0.2) is 100 Å². The average molecular weight is 449 g/mol. The molecule has 7 heteroatoms. The molecule has 0 fully saturated rings. The largest absolute Gasteiger partial charge is 0.438 e. The molecule has 0 saturated heterocycles. The lowest BCUT2D eigenvalue weighted by Gasteiger charge is -2.06. The summed E-state index contributed by atoms with van der Waals surface area (Å²) in [6, 6.07) is 28.3. The van der Waals surface area contributed by atoms with E-state index >= 15 is 0 Å². The van der Waals surface area contributed by atoms with Gasteiger partial charge in [-0.3, -0.25) is 10.1 Å². The minimum absolute atomic E-state index is 0.0235. The minimum Gasteiger partial charge on any atom is -0.438 e. The first kappa shape index (κ1) is 19.3. The van der Waals surface area contributed by atoms with Crippen molar-refractivity contribution in [2.24, 2.45) is 4.99 Å². The van der Waals surface area contributed by atoms with Gasteiger partial charge in [-0.25, -0.2) is 9.98 Å². The highest BCUT2D eigenvalue weighted by Gasteiger charge is 2.14. The van der Waals surface area contributed by atoms with Crippen molar-refractivity contribution in [2.45, 2.75) is 0 Å². The summed E-state index contributed by atoms with van der Waals surface area (Å²) in [7, 11) is 0. The molecule has 6 nitrogen and oxygen atoms in total. The van der Waals surface area contributed by atoms with E-state index in [1.807, 2.05) is 48.5 Å². The van der Waals surface area contributed by atoms with E-state index in [9.17, 15) is 10.1 Å². The van der Waals surface area contributed by atoms with E-state index < -0.39 is 4.92 Å². The van der Waals surface area contributed by atoms with Gasteiger partial charge >= 0.3 is 0 Å². The fourth-order valence-corrected chi connectivity index (χ4v) is 4.87. The Labute approximate surface area is 191 Å². The van der Waals surface area contributed by atoms with Crippen LogP contribution in [0.4, 0.5) is 11.4 Å². The zero-order chi connectivity index (χ0) is 22.4. The van der Waals surface area contributed by atoms with E-state index in [1.54, 1.807) is 23.5 Å². The van der Waals surface area contributed by atoms with E-state index in [2.05, 4.69) is 23.2 Å². The SMILES string of the molecule is O=[N+]([O-])c1cccc(N=c2oc3ccc4ccccc4c3cc2-c2nc3ccccc3s2)c1. The predicted octanol–water partition coefficient (Wildman–Crippen LogP) is 7.00. The first-order valence-corrected chi connectivity index (χ1v) is 11.1. The third kappa shape index (κ3) is 3.44. The van der Waals surface area contributed by atoms with Gasteiger partial charge in [-0.1, -0.05) is 48.5 Å². The second kappa shape index (κ2) is 7.65. The molecular weight excluding hydrogens is 434 g/mol. The van der Waals surface area contributed by atoms with Gasteiger partial charge < -0.3 is 4.42 Å². The molecule has 4 aromatic carbocycles. The average Bonchev–Trinajstić information content (AvgIpc) is 3.28. The van der Waals surface area contributed by atoms with E-state index in [4.69, 9.17) is 9.40 Å². The van der Waals surface area contributed by atoms with Crippen LogP contribution in [0.25, 0.3) is 42.5 Å². The van der Waals surface area contributed by atoms with Crippen LogP contribution in [-0.2, 0) is 0 Å². The van der Waals surface area contributed by atoms with Crippen molar-refractivity contribution in [3.8, 4) is 10.6 Å². The number of nitro benzene ring substituents is 1. The molecule has 0 aliphatic carbocycles. The van der Waals surface area contributed by atoms with Crippen LogP contribution in [0.2, 0.25) is 0 Å². The van der Waals surface area contributed by atoms with Crippen LogP contribution in [-0.4, -0.2) is 9.91 Å². The number of hydrogen-bond acceptors (Lipinski definition) is 6. The summed E-state index contributed by atoms with van der Waals surface area (Å²) < 4.78 is 7.35. The first-order valence-electron chi connectivity index (χ1n) is 10.3. The fraction of sp³-hybridized carbons (Fsp3) is 0. The maximum Gasteiger partial charge on any atom is 0.271 e. The molecule has 6 rings (SSSR count). The molecule has 0 aliphatic rings. The van der Waals surface area contributed by atoms with Crippen LogP contribution in [0.5, 0.6) is 0 Å². The van der Waals surface area contributed by atoms with E-state index in [1.165, 1.54) is 12.1 Å².